The van der Waals surface area contributed by atoms with E-state index in [4.69, 9.17) is 0 Å². The molecule has 0 saturated carbocycles. The molecule has 0 spiro atoms. The maximum Gasteiger partial charge on any atom is 0.265 e. The van der Waals surface area contributed by atoms with E-state index in [0.29, 0.717) is 29.2 Å². The summed E-state index contributed by atoms with van der Waals surface area (Å²) in [5.74, 6) is -0.599. The van der Waals surface area contributed by atoms with Crippen molar-refractivity contribution in [2.75, 3.05) is 42.9 Å². The number of anilines is 2. The zero-order valence-corrected chi connectivity index (χ0v) is 18.3. The summed E-state index contributed by atoms with van der Waals surface area (Å²) in [4.78, 5) is 41.7. The Bertz CT molecular complexity index is 1060. The van der Waals surface area contributed by atoms with Gasteiger partial charge in [-0.15, -0.1) is 11.3 Å². The van der Waals surface area contributed by atoms with Gasteiger partial charge in [-0.1, -0.05) is 24.3 Å². The molecule has 0 bridgehead atoms. The molecule has 1 saturated heterocycles. The van der Waals surface area contributed by atoms with E-state index < -0.39 is 0 Å². The van der Waals surface area contributed by atoms with Crippen LogP contribution in [0.4, 0.5) is 11.4 Å². The Morgan fingerprint density at radius 1 is 0.812 bits per heavy atom. The second-order valence-electron chi connectivity index (χ2n) is 7.39. The van der Waals surface area contributed by atoms with Gasteiger partial charge in [-0.05, 0) is 47.8 Å². The number of rotatable bonds is 6. The van der Waals surface area contributed by atoms with E-state index >= 15 is 0 Å². The Morgan fingerprint density at radius 3 is 2.19 bits per heavy atom. The summed E-state index contributed by atoms with van der Waals surface area (Å²) < 4.78 is 0. The van der Waals surface area contributed by atoms with Crippen molar-refractivity contribution in [2.45, 2.75) is 0 Å². The first-order chi connectivity index (χ1) is 15.6. The van der Waals surface area contributed by atoms with Crippen molar-refractivity contribution in [3.05, 3.63) is 82.6 Å². The molecule has 2 heterocycles. The molecular formula is C24H24N4O3S. The molecule has 8 heteroatoms. The van der Waals surface area contributed by atoms with E-state index in [9.17, 15) is 14.4 Å². The minimum absolute atomic E-state index is 0.0406. The van der Waals surface area contributed by atoms with Crippen molar-refractivity contribution in [3.63, 3.8) is 0 Å². The van der Waals surface area contributed by atoms with Gasteiger partial charge in [-0.3, -0.25) is 14.4 Å². The number of piperazine rings is 1. The third-order valence-corrected chi connectivity index (χ3v) is 6.17. The lowest BCUT2D eigenvalue weighted by Crippen LogP contribution is -2.51. The number of amides is 3. The van der Waals surface area contributed by atoms with Crippen LogP contribution in [0.3, 0.4) is 0 Å². The summed E-state index contributed by atoms with van der Waals surface area (Å²) >= 11 is 1.36. The quantitative estimate of drug-likeness (QED) is 0.607. The fourth-order valence-corrected chi connectivity index (χ4v) is 4.15. The number of nitrogens with zero attached hydrogens (tertiary/aromatic N) is 2. The lowest BCUT2D eigenvalue weighted by atomic mass is 10.2. The van der Waals surface area contributed by atoms with E-state index in [0.717, 1.165) is 18.8 Å². The molecule has 7 nitrogen and oxygen atoms in total. The van der Waals surface area contributed by atoms with Gasteiger partial charge in [-0.2, -0.15) is 0 Å². The van der Waals surface area contributed by atoms with Crippen molar-refractivity contribution in [1.82, 2.24) is 10.2 Å². The smallest absolute Gasteiger partial charge is 0.265 e. The normalized spacial score (nSPS) is 13.5. The summed E-state index contributed by atoms with van der Waals surface area (Å²) in [6.45, 7) is 2.75. The predicted octanol–water partition coefficient (Wildman–Crippen LogP) is 3.08. The molecule has 2 N–H and O–H groups in total. The average molecular weight is 449 g/mol. The fraction of sp³-hybridized carbons (Fsp3) is 0.208. The SMILES string of the molecule is O=C(NCC(=O)N1CCN(c2ccccc2)CC1)c1ccc(NC(=O)c2cccs2)cc1. The lowest BCUT2D eigenvalue weighted by molar-refractivity contribution is -0.130. The Morgan fingerprint density at radius 2 is 1.53 bits per heavy atom. The van der Waals surface area contributed by atoms with Crippen LogP contribution >= 0.6 is 11.3 Å². The number of para-hydroxylation sites is 1. The highest BCUT2D eigenvalue weighted by atomic mass is 32.1. The molecule has 0 atom stereocenters. The predicted molar refractivity (Wildman–Crippen MR) is 126 cm³/mol. The molecule has 3 amide bonds. The van der Waals surface area contributed by atoms with Crippen molar-refractivity contribution in [3.8, 4) is 0 Å². The molecule has 164 valence electrons. The summed E-state index contributed by atoms with van der Waals surface area (Å²) in [6, 6.07) is 20.3. The van der Waals surface area contributed by atoms with Crippen molar-refractivity contribution in [2.24, 2.45) is 0 Å². The van der Waals surface area contributed by atoms with Gasteiger partial charge in [0.25, 0.3) is 11.8 Å². The molecule has 3 aromatic rings. The molecule has 0 radical (unpaired) electrons. The van der Waals surface area contributed by atoms with Crippen LogP contribution < -0.4 is 15.5 Å². The van der Waals surface area contributed by atoms with Crippen LogP contribution in [0.25, 0.3) is 0 Å². The lowest BCUT2D eigenvalue weighted by Gasteiger charge is -2.36. The molecule has 0 aliphatic carbocycles. The number of carbonyl (C=O) groups is 3. The topological polar surface area (TPSA) is 81.8 Å². The maximum absolute atomic E-state index is 12.5. The Balaban J connectivity index is 1.23. The van der Waals surface area contributed by atoms with Gasteiger partial charge in [0.15, 0.2) is 0 Å². The first-order valence-corrected chi connectivity index (χ1v) is 11.3. The van der Waals surface area contributed by atoms with Crippen LogP contribution in [0.15, 0.2) is 72.1 Å². The van der Waals surface area contributed by atoms with Crippen LogP contribution in [0.1, 0.15) is 20.0 Å². The van der Waals surface area contributed by atoms with Crippen molar-refractivity contribution in [1.29, 1.82) is 0 Å². The molecule has 1 aromatic heterocycles. The Hall–Kier alpha value is -3.65. The number of nitrogens with one attached hydrogen (secondary N) is 2. The number of hydrogen-bond acceptors (Lipinski definition) is 5. The number of benzene rings is 2. The first-order valence-electron chi connectivity index (χ1n) is 10.4. The molecule has 32 heavy (non-hydrogen) atoms. The Kier molecular flexibility index (Phi) is 6.81. The highest BCUT2D eigenvalue weighted by molar-refractivity contribution is 7.12. The van der Waals surface area contributed by atoms with Crippen LogP contribution in [0, 0.1) is 0 Å². The van der Waals surface area contributed by atoms with Gasteiger partial charge in [0.2, 0.25) is 5.91 Å². The van der Waals surface area contributed by atoms with E-state index in [1.807, 2.05) is 29.6 Å². The van der Waals surface area contributed by atoms with E-state index in [-0.39, 0.29) is 24.3 Å². The van der Waals surface area contributed by atoms with Gasteiger partial charge in [0.1, 0.15) is 0 Å². The van der Waals surface area contributed by atoms with Gasteiger partial charge in [0.05, 0.1) is 11.4 Å². The van der Waals surface area contributed by atoms with Crippen LogP contribution in [0.2, 0.25) is 0 Å². The molecule has 1 aliphatic heterocycles. The van der Waals surface area contributed by atoms with Gasteiger partial charge in [0, 0.05) is 43.1 Å². The van der Waals surface area contributed by atoms with Crippen molar-refractivity contribution >= 4 is 40.4 Å². The minimum atomic E-state index is -0.322. The summed E-state index contributed by atoms with van der Waals surface area (Å²) in [5.41, 5.74) is 2.19. The molecule has 2 aromatic carbocycles. The largest absolute Gasteiger partial charge is 0.368 e. The molecule has 1 aliphatic rings. The first kappa shape index (κ1) is 21.6. The zero-order chi connectivity index (χ0) is 22.3. The summed E-state index contributed by atoms with van der Waals surface area (Å²) in [7, 11) is 0. The third kappa shape index (κ3) is 5.33. The number of thiophene rings is 1. The highest BCUT2D eigenvalue weighted by Gasteiger charge is 2.21. The minimum Gasteiger partial charge on any atom is -0.368 e. The molecular weight excluding hydrogens is 424 g/mol. The average Bonchev–Trinajstić information content (AvgIpc) is 3.39. The number of carbonyl (C=O) groups excluding carboxylic acids is 3. The fourth-order valence-electron chi connectivity index (χ4n) is 3.53. The molecule has 0 unspecified atom stereocenters. The maximum atomic E-state index is 12.5. The van der Waals surface area contributed by atoms with Crippen molar-refractivity contribution < 1.29 is 14.4 Å². The Labute approximate surface area is 190 Å². The second-order valence-corrected chi connectivity index (χ2v) is 8.34. The molecule has 1 fully saturated rings. The monoisotopic (exact) mass is 448 g/mol. The highest BCUT2D eigenvalue weighted by Crippen LogP contribution is 2.16. The van der Waals surface area contributed by atoms with Crippen LogP contribution in [-0.4, -0.2) is 55.3 Å². The van der Waals surface area contributed by atoms with Gasteiger partial charge >= 0.3 is 0 Å². The van der Waals surface area contributed by atoms with Crippen LogP contribution in [-0.2, 0) is 4.79 Å². The second kappa shape index (κ2) is 10.1. The summed E-state index contributed by atoms with van der Waals surface area (Å²) in [6.07, 6.45) is 0. The van der Waals surface area contributed by atoms with Gasteiger partial charge < -0.3 is 20.4 Å². The van der Waals surface area contributed by atoms with E-state index in [1.165, 1.54) is 11.3 Å². The third-order valence-electron chi connectivity index (χ3n) is 5.30. The molecule has 4 rings (SSSR count). The zero-order valence-electron chi connectivity index (χ0n) is 17.5. The standard InChI is InChI=1S/C24H24N4O3S/c29-22(28-14-12-27(13-15-28)20-5-2-1-3-6-20)17-25-23(30)18-8-10-19(11-9-18)26-24(31)21-7-4-16-32-21/h1-11,16H,12-15,17H2,(H,25,30)(H,26,31). The van der Waals surface area contributed by atoms with E-state index in [1.54, 1.807) is 35.2 Å². The van der Waals surface area contributed by atoms with E-state index in [2.05, 4.69) is 27.7 Å². The summed E-state index contributed by atoms with van der Waals surface area (Å²) in [5, 5.41) is 7.33. The number of hydrogen-bond donors (Lipinski definition) is 2. The van der Waals surface area contributed by atoms with Crippen LogP contribution in [0.5, 0.6) is 0 Å². The van der Waals surface area contributed by atoms with Gasteiger partial charge in [-0.25, -0.2) is 0 Å².